The second-order valence-corrected chi connectivity index (χ2v) is 3.82. The zero-order valence-corrected chi connectivity index (χ0v) is 6.47. The molecule has 0 aromatic rings. The lowest BCUT2D eigenvalue weighted by Crippen LogP contribution is -2.51. The van der Waals surface area contributed by atoms with E-state index in [9.17, 15) is 0 Å². The summed E-state index contributed by atoms with van der Waals surface area (Å²) < 4.78 is 5.21. The molecule has 1 unspecified atom stereocenters. The van der Waals surface area contributed by atoms with Crippen LogP contribution in [0.15, 0.2) is 0 Å². The Kier molecular flexibility index (Phi) is 1.29. The first kappa shape index (κ1) is 6.62. The SMILES string of the molecule is CC(N)(C1CCC1)[C@@H]1CO1. The molecule has 2 rings (SSSR count). The summed E-state index contributed by atoms with van der Waals surface area (Å²) in [5, 5.41) is 0. The minimum absolute atomic E-state index is 0.0156. The molecule has 2 heteroatoms. The van der Waals surface area contributed by atoms with Crippen LogP contribution in [-0.4, -0.2) is 18.2 Å². The molecule has 1 heterocycles. The van der Waals surface area contributed by atoms with Crippen molar-refractivity contribution in [3.63, 3.8) is 0 Å². The van der Waals surface area contributed by atoms with Gasteiger partial charge in [-0.2, -0.15) is 0 Å². The maximum absolute atomic E-state index is 6.10. The molecule has 1 aliphatic carbocycles. The first-order valence-corrected chi connectivity index (χ1v) is 4.12. The summed E-state index contributed by atoms with van der Waals surface area (Å²) in [6.45, 7) is 3.03. The number of nitrogens with two attached hydrogens (primary N) is 1. The van der Waals surface area contributed by atoms with Crippen LogP contribution in [0.2, 0.25) is 0 Å². The fourth-order valence-electron chi connectivity index (χ4n) is 1.70. The first-order chi connectivity index (χ1) is 4.71. The third-order valence-electron chi connectivity index (χ3n) is 3.01. The van der Waals surface area contributed by atoms with Crippen molar-refractivity contribution >= 4 is 0 Å². The number of hydrogen-bond acceptors (Lipinski definition) is 2. The Morgan fingerprint density at radius 1 is 1.50 bits per heavy atom. The molecule has 2 N–H and O–H groups in total. The predicted molar refractivity (Wildman–Crippen MR) is 39.7 cm³/mol. The normalized spacial score (nSPS) is 38.4. The third kappa shape index (κ3) is 0.867. The van der Waals surface area contributed by atoms with Crippen molar-refractivity contribution in [1.29, 1.82) is 0 Å². The summed E-state index contributed by atoms with van der Waals surface area (Å²) >= 11 is 0. The van der Waals surface area contributed by atoms with E-state index in [1.807, 2.05) is 0 Å². The number of epoxide rings is 1. The Labute approximate surface area is 61.7 Å². The topological polar surface area (TPSA) is 38.5 Å². The van der Waals surface area contributed by atoms with E-state index in [1.54, 1.807) is 0 Å². The predicted octanol–water partition coefficient (Wildman–Crippen LogP) is 0.903. The van der Waals surface area contributed by atoms with Crippen LogP contribution in [0.1, 0.15) is 26.2 Å². The van der Waals surface area contributed by atoms with Crippen molar-refractivity contribution in [2.75, 3.05) is 6.61 Å². The fourth-order valence-corrected chi connectivity index (χ4v) is 1.70. The molecule has 2 atom stereocenters. The molecule has 1 saturated heterocycles. The highest BCUT2D eigenvalue weighted by Crippen LogP contribution is 2.40. The van der Waals surface area contributed by atoms with E-state index in [4.69, 9.17) is 10.5 Å². The quantitative estimate of drug-likeness (QED) is 0.580. The lowest BCUT2D eigenvalue weighted by molar-refractivity contribution is 0.145. The van der Waals surface area contributed by atoms with E-state index in [-0.39, 0.29) is 5.54 Å². The molecule has 1 aliphatic heterocycles. The average Bonchev–Trinajstić information content (AvgIpc) is 2.32. The lowest BCUT2D eigenvalue weighted by Gasteiger charge is -2.39. The van der Waals surface area contributed by atoms with Crippen LogP contribution in [0.3, 0.4) is 0 Å². The van der Waals surface area contributed by atoms with Gasteiger partial charge in [-0.1, -0.05) is 6.42 Å². The highest BCUT2D eigenvalue weighted by Gasteiger charge is 2.47. The summed E-state index contributed by atoms with van der Waals surface area (Å²) in [5.74, 6) is 0.736. The molecule has 0 spiro atoms. The molecule has 1 saturated carbocycles. The molecular formula is C8H15NO. The van der Waals surface area contributed by atoms with Gasteiger partial charge < -0.3 is 10.5 Å². The van der Waals surface area contributed by atoms with Crippen molar-refractivity contribution in [3.8, 4) is 0 Å². The first-order valence-electron chi connectivity index (χ1n) is 4.12. The van der Waals surface area contributed by atoms with Crippen molar-refractivity contribution in [2.45, 2.75) is 37.8 Å². The van der Waals surface area contributed by atoms with Crippen molar-refractivity contribution < 1.29 is 4.74 Å². The molecule has 2 nitrogen and oxygen atoms in total. The van der Waals surface area contributed by atoms with Gasteiger partial charge in [-0.05, 0) is 25.7 Å². The van der Waals surface area contributed by atoms with Crippen LogP contribution >= 0.6 is 0 Å². The number of hydrogen-bond donors (Lipinski definition) is 1. The maximum Gasteiger partial charge on any atom is 0.0988 e. The minimum Gasteiger partial charge on any atom is -0.371 e. The molecule has 2 fully saturated rings. The van der Waals surface area contributed by atoms with Gasteiger partial charge in [-0.25, -0.2) is 0 Å². The summed E-state index contributed by atoms with van der Waals surface area (Å²) in [7, 11) is 0. The summed E-state index contributed by atoms with van der Waals surface area (Å²) in [4.78, 5) is 0. The van der Waals surface area contributed by atoms with Gasteiger partial charge in [0.2, 0.25) is 0 Å². The van der Waals surface area contributed by atoms with Crippen LogP contribution in [0.4, 0.5) is 0 Å². The Hall–Kier alpha value is -0.0800. The summed E-state index contributed by atoms with van der Waals surface area (Å²) in [6.07, 6.45) is 4.36. The molecule has 0 aromatic carbocycles. The van der Waals surface area contributed by atoms with E-state index in [2.05, 4.69) is 6.92 Å². The zero-order chi connectivity index (χ0) is 7.19. The molecule has 58 valence electrons. The summed E-state index contributed by atoms with van der Waals surface area (Å²) in [5.41, 5.74) is 6.09. The van der Waals surface area contributed by atoms with E-state index in [1.165, 1.54) is 19.3 Å². The molecule has 0 radical (unpaired) electrons. The van der Waals surface area contributed by atoms with Gasteiger partial charge in [-0.3, -0.25) is 0 Å². The average molecular weight is 141 g/mol. The Morgan fingerprint density at radius 3 is 2.40 bits per heavy atom. The largest absolute Gasteiger partial charge is 0.371 e. The van der Waals surface area contributed by atoms with Gasteiger partial charge in [0.15, 0.2) is 0 Å². The highest BCUT2D eigenvalue weighted by molar-refractivity contribution is 5.02. The molecule has 2 aliphatic rings. The van der Waals surface area contributed by atoms with E-state index >= 15 is 0 Å². The molecular weight excluding hydrogens is 126 g/mol. The van der Waals surface area contributed by atoms with Gasteiger partial charge in [0, 0.05) is 5.54 Å². The standard InChI is InChI=1S/C8H15NO/c1-8(9,7-5-10-7)6-3-2-4-6/h6-7H,2-5,9H2,1H3/t7-,8?/m0/s1. The fraction of sp³-hybridized carbons (Fsp3) is 1.00. The van der Waals surface area contributed by atoms with Crippen molar-refractivity contribution in [3.05, 3.63) is 0 Å². The smallest absolute Gasteiger partial charge is 0.0988 e. The Bertz CT molecular complexity index is 136. The van der Waals surface area contributed by atoms with E-state index in [0.717, 1.165) is 12.5 Å². The van der Waals surface area contributed by atoms with E-state index in [0.29, 0.717) is 6.10 Å². The van der Waals surface area contributed by atoms with Gasteiger partial charge >= 0.3 is 0 Å². The van der Waals surface area contributed by atoms with Gasteiger partial charge in [0.1, 0.15) is 0 Å². The van der Waals surface area contributed by atoms with Crippen LogP contribution < -0.4 is 5.73 Å². The molecule has 10 heavy (non-hydrogen) atoms. The van der Waals surface area contributed by atoms with Crippen molar-refractivity contribution in [2.24, 2.45) is 11.7 Å². The van der Waals surface area contributed by atoms with Gasteiger partial charge in [-0.15, -0.1) is 0 Å². The number of rotatable bonds is 2. The summed E-state index contributed by atoms with van der Waals surface area (Å²) in [6, 6.07) is 0. The molecule has 0 amide bonds. The Morgan fingerprint density at radius 2 is 2.10 bits per heavy atom. The number of ether oxygens (including phenoxy) is 1. The van der Waals surface area contributed by atoms with Crippen molar-refractivity contribution in [1.82, 2.24) is 0 Å². The zero-order valence-electron chi connectivity index (χ0n) is 6.47. The van der Waals surface area contributed by atoms with Crippen LogP contribution in [0, 0.1) is 5.92 Å². The molecule has 0 aromatic heterocycles. The molecule has 0 bridgehead atoms. The van der Waals surface area contributed by atoms with Crippen LogP contribution in [0.5, 0.6) is 0 Å². The third-order valence-corrected chi connectivity index (χ3v) is 3.01. The van der Waals surface area contributed by atoms with Gasteiger partial charge in [0.05, 0.1) is 12.7 Å². The van der Waals surface area contributed by atoms with Gasteiger partial charge in [0.25, 0.3) is 0 Å². The second-order valence-electron chi connectivity index (χ2n) is 3.82. The Balaban J connectivity index is 1.97. The van der Waals surface area contributed by atoms with E-state index < -0.39 is 0 Å². The monoisotopic (exact) mass is 141 g/mol. The maximum atomic E-state index is 6.10. The van der Waals surface area contributed by atoms with Crippen LogP contribution in [-0.2, 0) is 4.74 Å². The van der Waals surface area contributed by atoms with Crippen LogP contribution in [0.25, 0.3) is 0 Å². The minimum atomic E-state index is -0.0156. The lowest BCUT2D eigenvalue weighted by atomic mass is 9.71. The second kappa shape index (κ2) is 1.95. The highest BCUT2D eigenvalue weighted by atomic mass is 16.6.